The third-order valence-corrected chi connectivity index (χ3v) is 3.98. The van der Waals surface area contributed by atoms with Crippen LogP contribution in [0.4, 0.5) is 4.39 Å². The van der Waals surface area contributed by atoms with Gasteiger partial charge in [-0.2, -0.15) is 0 Å². The molecule has 4 nitrogen and oxygen atoms in total. The van der Waals surface area contributed by atoms with Crippen LogP contribution in [-0.2, 0) is 16.1 Å². The second kappa shape index (κ2) is 6.73. The number of nitrogens with zero attached hydrogens (tertiary/aromatic N) is 2. The van der Waals surface area contributed by atoms with Crippen LogP contribution in [0.15, 0.2) is 12.1 Å². The molecule has 1 aromatic rings. The van der Waals surface area contributed by atoms with Gasteiger partial charge in [-0.1, -0.05) is 17.7 Å². The maximum absolute atomic E-state index is 14.2. The molecule has 2 rings (SSSR count). The zero-order valence-electron chi connectivity index (χ0n) is 12.5. The maximum atomic E-state index is 14.2. The van der Waals surface area contributed by atoms with Crippen molar-refractivity contribution in [3.05, 3.63) is 34.1 Å². The van der Waals surface area contributed by atoms with E-state index in [-0.39, 0.29) is 11.7 Å². The maximum Gasteiger partial charge on any atom is 0.252 e. The van der Waals surface area contributed by atoms with Crippen molar-refractivity contribution in [2.24, 2.45) is 0 Å². The minimum Gasteiger partial charge on any atom is -0.366 e. The fourth-order valence-corrected chi connectivity index (χ4v) is 2.57. The molecule has 0 bridgehead atoms. The number of likely N-dealkylation sites (N-methyl/N-ethyl adjacent to an activating group) is 1. The molecule has 1 aromatic carbocycles. The number of hydrogen-bond donors (Lipinski definition) is 0. The van der Waals surface area contributed by atoms with Crippen molar-refractivity contribution in [3.63, 3.8) is 0 Å². The van der Waals surface area contributed by atoms with Gasteiger partial charge in [0.25, 0.3) is 5.91 Å². The Morgan fingerprint density at radius 2 is 2.24 bits per heavy atom. The third kappa shape index (κ3) is 3.73. The minimum atomic E-state index is -0.500. The average Bonchev–Trinajstić information content (AvgIpc) is 2.47. The lowest BCUT2D eigenvalue weighted by Gasteiger charge is -2.33. The number of hydrogen-bond acceptors (Lipinski definition) is 3. The van der Waals surface area contributed by atoms with Crippen molar-refractivity contribution in [1.82, 2.24) is 9.80 Å². The van der Waals surface area contributed by atoms with E-state index in [2.05, 4.69) is 0 Å². The average molecular weight is 315 g/mol. The summed E-state index contributed by atoms with van der Waals surface area (Å²) in [6.45, 7) is 3.65. The molecule has 1 saturated heterocycles. The molecular formula is C15H20ClFN2O2. The zero-order valence-corrected chi connectivity index (χ0v) is 13.3. The lowest BCUT2D eigenvalue weighted by molar-refractivity contribution is -0.147. The Labute approximate surface area is 129 Å². The highest BCUT2D eigenvalue weighted by atomic mass is 35.5. The summed E-state index contributed by atoms with van der Waals surface area (Å²) in [5, 5.41) is 0.417. The van der Waals surface area contributed by atoms with Crippen molar-refractivity contribution in [2.75, 3.05) is 33.8 Å². The molecule has 0 saturated carbocycles. The predicted molar refractivity (Wildman–Crippen MR) is 79.9 cm³/mol. The lowest BCUT2D eigenvalue weighted by atomic mass is 10.1. The van der Waals surface area contributed by atoms with Gasteiger partial charge in [0.15, 0.2) is 0 Å². The van der Waals surface area contributed by atoms with Crippen LogP contribution in [0.1, 0.15) is 11.1 Å². The quantitative estimate of drug-likeness (QED) is 0.856. The van der Waals surface area contributed by atoms with Crippen LogP contribution in [0.5, 0.6) is 0 Å². The van der Waals surface area contributed by atoms with Gasteiger partial charge >= 0.3 is 0 Å². The molecule has 1 aliphatic heterocycles. The van der Waals surface area contributed by atoms with Crippen LogP contribution < -0.4 is 0 Å². The normalized spacial score (nSPS) is 19.6. The largest absolute Gasteiger partial charge is 0.366 e. The summed E-state index contributed by atoms with van der Waals surface area (Å²) in [6.07, 6.45) is -0.500. The number of morpholine rings is 1. The number of ether oxygens (including phenoxy) is 1. The summed E-state index contributed by atoms with van der Waals surface area (Å²) >= 11 is 6.10. The molecule has 1 fully saturated rings. The zero-order chi connectivity index (χ0) is 15.6. The van der Waals surface area contributed by atoms with E-state index in [1.165, 1.54) is 4.90 Å². The molecule has 0 radical (unpaired) electrons. The number of halogens is 2. The van der Waals surface area contributed by atoms with E-state index in [0.717, 1.165) is 0 Å². The Morgan fingerprint density at radius 1 is 1.52 bits per heavy atom. The topological polar surface area (TPSA) is 32.8 Å². The Morgan fingerprint density at radius 3 is 2.90 bits per heavy atom. The van der Waals surface area contributed by atoms with E-state index >= 15 is 0 Å². The van der Waals surface area contributed by atoms with Gasteiger partial charge in [-0.15, -0.1) is 0 Å². The molecule has 1 aliphatic rings. The van der Waals surface area contributed by atoms with Crippen LogP contribution in [0.25, 0.3) is 0 Å². The van der Waals surface area contributed by atoms with E-state index in [4.69, 9.17) is 16.3 Å². The van der Waals surface area contributed by atoms with Crippen molar-refractivity contribution in [1.29, 1.82) is 0 Å². The molecule has 0 unspecified atom stereocenters. The lowest BCUT2D eigenvalue weighted by Crippen LogP contribution is -2.49. The first-order valence-corrected chi connectivity index (χ1v) is 7.26. The summed E-state index contributed by atoms with van der Waals surface area (Å²) in [5.74, 6) is -0.347. The molecular weight excluding hydrogens is 295 g/mol. The second-order valence-electron chi connectivity index (χ2n) is 5.48. The van der Waals surface area contributed by atoms with E-state index in [1.54, 1.807) is 33.2 Å². The first-order valence-electron chi connectivity index (χ1n) is 6.88. The fraction of sp³-hybridized carbons (Fsp3) is 0.533. The number of amides is 1. The Balaban J connectivity index is 2.10. The van der Waals surface area contributed by atoms with E-state index in [9.17, 15) is 9.18 Å². The Kier molecular flexibility index (Phi) is 5.19. The van der Waals surface area contributed by atoms with Crippen LogP contribution in [-0.4, -0.2) is 55.6 Å². The summed E-state index contributed by atoms with van der Waals surface area (Å²) in [7, 11) is 3.39. The number of carbonyl (C=O) groups excluding carboxylic acids is 1. The molecule has 21 heavy (non-hydrogen) atoms. The minimum absolute atomic E-state index is 0.0736. The van der Waals surface area contributed by atoms with Gasteiger partial charge in [-0.25, -0.2) is 4.39 Å². The van der Waals surface area contributed by atoms with Crippen LogP contribution in [0.3, 0.4) is 0 Å². The Hall–Kier alpha value is -1.17. The van der Waals surface area contributed by atoms with Gasteiger partial charge in [0.2, 0.25) is 0 Å². The van der Waals surface area contributed by atoms with Gasteiger partial charge in [0.05, 0.1) is 6.61 Å². The van der Waals surface area contributed by atoms with E-state index < -0.39 is 6.10 Å². The van der Waals surface area contributed by atoms with Gasteiger partial charge < -0.3 is 9.64 Å². The molecule has 1 heterocycles. The fourth-order valence-electron chi connectivity index (χ4n) is 2.37. The highest BCUT2D eigenvalue weighted by Gasteiger charge is 2.28. The van der Waals surface area contributed by atoms with Crippen molar-refractivity contribution in [3.8, 4) is 0 Å². The SMILES string of the molecule is Cc1ccc(Cl)c(CN2CCO[C@H](C(=O)N(C)C)C2)c1F. The number of benzene rings is 1. The smallest absolute Gasteiger partial charge is 0.252 e. The van der Waals surface area contributed by atoms with Gasteiger partial charge in [-0.05, 0) is 18.6 Å². The van der Waals surface area contributed by atoms with E-state index in [1.807, 2.05) is 4.90 Å². The molecule has 1 atom stereocenters. The highest BCUT2D eigenvalue weighted by Crippen LogP contribution is 2.24. The number of rotatable bonds is 3. The van der Waals surface area contributed by atoms with Gasteiger partial charge in [0.1, 0.15) is 11.9 Å². The first-order chi connectivity index (χ1) is 9.90. The molecule has 0 spiro atoms. The molecule has 116 valence electrons. The second-order valence-corrected chi connectivity index (χ2v) is 5.89. The van der Waals surface area contributed by atoms with Gasteiger partial charge in [0, 0.05) is 44.3 Å². The first kappa shape index (κ1) is 16.2. The van der Waals surface area contributed by atoms with Crippen LogP contribution in [0, 0.1) is 12.7 Å². The molecule has 1 amide bonds. The standard InChI is InChI=1S/C15H20ClFN2O2/c1-10-4-5-12(16)11(14(10)17)8-19-6-7-21-13(9-19)15(20)18(2)3/h4-5,13H,6-9H2,1-3H3/t13-/m0/s1. The van der Waals surface area contributed by atoms with Crippen molar-refractivity contribution < 1.29 is 13.9 Å². The van der Waals surface area contributed by atoms with E-state index in [0.29, 0.717) is 42.4 Å². The van der Waals surface area contributed by atoms with Gasteiger partial charge in [-0.3, -0.25) is 9.69 Å². The summed E-state index contributed by atoms with van der Waals surface area (Å²) in [5.41, 5.74) is 1.05. The summed E-state index contributed by atoms with van der Waals surface area (Å²) in [6, 6.07) is 3.37. The Bertz CT molecular complexity index is 537. The van der Waals surface area contributed by atoms with Crippen LogP contribution in [0.2, 0.25) is 5.02 Å². The molecule has 0 aliphatic carbocycles. The highest BCUT2D eigenvalue weighted by molar-refractivity contribution is 6.31. The molecule has 6 heteroatoms. The summed E-state index contributed by atoms with van der Waals surface area (Å²) < 4.78 is 19.7. The molecule has 0 N–H and O–H groups in total. The number of aryl methyl sites for hydroxylation is 1. The van der Waals surface area contributed by atoms with Crippen LogP contribution >= 0.6 is 11.6 Å². The van der Waals surface area contributed by atoms with Crippen molar-refractivity contribution >= 4 is 17.5 Å². The molecule has 0 aromatic heterocycles. The monoisotopic (exact) mass is 314 g/mol. The summed E-state index contributed by atoms with van der Waals surface area (Å²) in [4.78, 5) is 15.5. The predicted octanol–water partition coefficient (Wildman–Crippen LogP) is 2.08. The van der Waals surface area contributed by atoms with Crippen molar-refractivity contribution in [2.45, 2.75) is 19.6 Å². The number of carbonyl (C=O) groups is 1. The third-order valence-electron chi connectivity index (χ3n) is 3.63.